The van der Waals surface area contributed by atoms with E-state index in [0.717, 1.165) is 12.8 Å². The van der Waals surface area contributed by atoms with Crippen molar-refractivity contribution in [2.24, 2.45) is 5.92 Å². The molecule has 0 radical (unpaired) electrons. The quantitative estimate of drug-likeness (QED) is 0.896. The predicted molar refractivity (Wildman–Crippen MR) is 76.9 cm³/mol. The highest BCUT2D eigenvalue weighted by Crippen LogP contribution is 2.24. The summed E-state index contributed by atoms with van der Waals surface area (Å²) >= 11 is 0. The summed E-state index contributed by atoms with van der Waals surface area (Å²) in [6.45, 7) is 2.61. The van der Waals surface area contributed by atoms with E-state index in [1.165, 1.54) is 15.5 Å². The molecule has 0 aromatic carbocycles. The van der Waals surface area contributed by atoms with Crippen molar-refractivity contribution in [3.05, 3.63) is 34.7 Å². The zero-order chi connectivity index (χ0) is 15.4. The Labute approximate surface area is 123 Å². The standard InChI is InChI=1S/C15H20N2O4/c1-11-5-4-9-17(14(11)15(20)21)13(19)7-10-16-8-3-2-6-12(16)18/h2-3,6,8,11,14H,4-5,7,9-10H2,1H3,(H,20,21). The number of nitrogens with zero attached hydrogens (tertiary/aromatic N) is 2. The number of carboxylic acids is 1. The lowest BCUT2D eigenvalue weighted by Crippen LogP contribution is -2.52. The smallest absolute Gasteiger partial charge is 0.326 e. The van der Waals surface area contributed by atoms with Crippen LogP contribution in [-0.2, 0) is 16.1 Å². The second-order valence-electron chi connectivity index (χ2n) is 5.47. The summed E-state index contributed by atoms with van der Waals surface area (Å²) in [6.07, 6.45) is 3.41. The van der Waals surface area contributed by atoms with E-state index in [4.69, 9.17) is 0 Å². The number of aromatic nitrogens is 1. The first-order chi connectivity index (χ1) is 10.0. The first-order valence-corrected chi connectivity index (χ1v) is 7.18. The molecule has 1 aromatic rings. The van der Waals surface area contributed by atoms with Crippen LogP contribution in [0.3, 0.4) is 0 Å². The van der Waals surface area contributed by atoms with Crippen molar-refractivity contribution >= 4 is 11.9 Å². The number of rotatable bonds is 4. The van der Waals surface area contributed by atoms with Crippen LogP contribution in [-0.4, -0.2) is 39.0 Å². The Morgan fingerprint density at radius 3 is 2.81 bits per heavy atom. The van der Waals surface area contributed by atoms with Crippen LogP contribution >= 0.6 is 0 Å². The van der Waals surface area contributed by atoms with Gasteiger partial charge in [0.15, 0.2) is 0 Å². The van der Waals surface area contributed by atoms with Crippen LogP contribution in [0.15, 0.2) is 29.2 Å². The van der Waals surface area contributed by atoms with Gasteiger partial charge in [-0.25, -0.2) is 4.79 Å². The van der Waals surface area contributed by atoms with Crippen molar-refractivity contribution in [1.29, 1.82) is 0 Å². The minimum absolute atomic E-state index is 0.0420. The molecule has 0 saturated carbocycles. The van der Waals surface area contributed by atoms with Gasteiger partial charge >= 0.3 is 5.97 Å². The van der Waals surface area contributed by atoms with Crippen LogP contribution in [0, 0.1) is 5.92 Å². The number of hydrogen-bond donors (Lipinski definition) is 1. The van der Waals surface area contributed by atoms with Crippen molar-refractivity contribution in [3.8, 4) is 0 Å². The summed E-state index contributed by atoms with van der Waals surface area (Å²) in [5.41, 5.74) is -0.160. The van der Waals surface area contributed by atoms with E-state index in [1.54, 1.807) is 18.3 Å². The number of pyridine rings is 1. The minimum Gasteiger partial charge on any atom is -0.480 e. The monoisotopic (exact) mass is 292 g/mol. The average molecular weight is 292 g/mol. The van der Waals surface area contributed by atoms with Gasteiger partial charge in [-0.05, 0) is 24.8 Å². The molecular formula is C15H20N2O4. The molecule has 2 atom stereocenters. The number of amides is 1. The Hall–Kier alpha value is -2.11. The largest absolute Gasteiger partial charge is 0.480 e. The van der Waals surface area contributed by atoms with Gasteiger partial charge in [-0.1, -0.05) is 13.0 Å². The number of hydrogen-bond acceptors (Lipinski definition) is 3. The number of aryl methyl sites for hydroxylation is 1. The molecule has 1 fully saturated rings. The molecule has 2 unspecified atom stereocenters. The van der Waals surface area contributed by atoms with E-state index >= 15 is 0 Å². The van der Waals surface area contributed by atoms with Crippen molar-refractivity contribution in [2.75, 3.05) is 6.54 Å². The summed E-state index contributed by atoms with van der Waals surface area (Å²) in [5, 5.41) is 9.31. The number of carbonyl (C=O) groups is 2. The maximum absolute atomic E-state index is 12.3. The van der Waals surface area contributed by atoms with E-state index in [0.29, 0.717) is 6.54 Å². The zero-order valence-corrected chi connectivity index (χ0v) is 12.1. The highest BCUT2D eigenvalue weighted by atomic mass is 16.4. The van der Waals surface area contributed by atoms with Gasteiger partial charge in [0.05, 0.1) is 0 Å². The van der Waals surface area contributed by atoms with E-state index < -0.39 is 12.0 Å². The summed E-state index contributed by atoms with van der Waals surface area (Å²) < 4.78 is 1.46. The first kappa shape index (κ1) is 15.3. The molecule has 6 nitrogen and oxygen atoms in total. The third-order valence-electron chi connectivity index (χ3n) is 3.97. The number of carbonyl (C=O) groups excluding carboxylic acids is 1. The first-order valence-electron chi connectivity index (χ1n) is 7.18. The highest BCUT2D eigenvalue weighted by Gasteiger charge is 2.36. The lowest BCUT2D eigenvalue weighted by atomic mass is 9.90. The zero-order valence-electron chi connectivity index (χ0n) is 12.1. The lowest BCUT2D eigenvalue weighted by molar-refractivity contribution is -0.154. The van der Waals surface area contributed by atoms with Crippen molar-refractivity contribution in [1.82, 2.24) is 9.47 Å². The second-order valence-corrected chi connectivity index (χ2v) is 5.47. The third kappa shape index (κ3) is 3.51. The molecule has 1 aliphatic heterocycles. The summed E-state index contributed by atoms with van der Waals surface area (Å²) in [7, 11) is 0. The van der Waals surface area contributed by atoms with E-state index in [2.05, 4.69) is 0 Å². The van der Waals surface area contributed by atoms with Crippen molar-refractivity contribution in [3.63, 3.8) is 0 Å². The molecule has 2 heterocycles. The molecular weight excluding hydrogens is 272 g/mol. The van der Waals surface area contributed by atoms with Crippen molar-refractivity contribution < 1.29 is 14.7 Å². The summed E-state index contributed by atoms with van der Waals surface area (Å²) in [5.74, 6) is -1.20. The van der Waals surface area contributed by atoms with Gasteiger partial charge in [0, 0.05) is 31.8 Å². The van der Waals surface area contributed by atoms with Crippen LogP contribution in [0.25, 0.3) is 0 Å². The van der Waals surface area contributed by atoms with Gasteiger partial charge < -0.3 is 14.6 Å². The Bertz CT molecular complexity index is 581. The molecule has 0 aliphatic carbocycles. The molecule has 1 amide bonds. The van der Waals surface area contributed by atoms with Gasteiger partial charge in [0.1, 0.15) is 6.04 Å². The third-order valence-corrected chi connectivity index (χ3v) is 3.97. The van der Waals surface area contributed by atoms with E-state index in [1.807, 2.05) is 6.92 Å². The van der Waals surface area contributed by atoms with Gasteiger partial charge in [0.25, 0.3) is 5.56 Å². The molecule has 1 aliphatic rings. The highest BCUT2D eigenvalue weighted by molar-refractivity contribution is 5.84. The molecule has 0 bridgehead atoms. The number of aliphatic carboxylic acids is 1. The van der Waals surface area contributed by atoms with Crippen molar-refractivity contribution in [2.45, 2.75) is 38.8 Å². The normalized spacial score (nSPS) is 22.0. The lowest BCUT2D eigenvalue weighted by Gasteiger charge is -2.37. The van der Waals surface area contributed by atoms with Gasteiger partial charge in [-0.15, -0.1) is 0 Å². The fourth-order valence-corrected chi connectivity index (χ4v) is 2.85. The van der Waals surface area contributed by atoms with Crippen LogP contribution < -0.4 is 5.56 Å². The van der Waals surface area contributed by atoms with Crippen LogP contribution in [0.2, 0.25) is 0 Å². The predicted octanol–water partition coefficient (Wildman–Crippen LogP) is 0.950. The fourth-order valence-electron chi connectivity index (χ4n) is 2.85. The molecule has 1 aromatic heterocycles. The SMILES string of the molecule is CC1CCCN(C(=O)CCn2ccccc2=O)C1C(=O)O. The minimum atomic E-state index is -0.951. The molecule has 114 valence electrons. The van der Waals surface area contributed by atoms with Gasteiger partial charge in [-0.2, -0.15) is 0 Å². The summed E-state index contributed by atoms with van der Waals surface area (Å²) in [6, 6.07) is 4.06. The molecule has 1 N–H and O–H groups in total. The Kier molecular flexibility index (Phi) is 4.77. The van der Waals surface area contributed by atoms with Gasteiger partial charge in [-0.3, -0.25) is 9.59 Å². The van der Waals surface area contributed by atoms with Crippen LogP contribution in [0.4, 0.5) is 0 Å². The number of piperidine rings is 1. The average Bonchev–Trinajstić information content (AvgIpc) is 2.45. The number of carboxylic acid groups (broad SMARTS) is 1. The van der Waals surface area contributed by atoms with Crippen LogP contribution in [0.5, 0.6) is 0 Å². The van der Waals surface area contributed by atoms with Crippen LogP contribution in [0.1, 0.15) is 26.2 Å². The maximum Gasteiger partial charge on any atom is 0.326 e. The number of likely N-dealkylation sites (tertiary alicyclic amines) is 1. The Morgan fingerprint density at radius 2 is 2.14 bits per heavy atom. The molecule has 21 heavy (non-hydrogen) atoms. The maximum atomic E-state index is 12.3. The molecule has 1 saturated heterocycles. The molecule has 2 rings (SSSR count). The Balaban J connectivity index is 2.03. The molecule has 6 heteroatoms. The fraction of sp³-hybridized carbons (Fsp3) is 0.533. The Morgan fingerprint density at radius 1 is 1.38 bits per heavy atom. The summed E-state index contributed by atoms with van der Waals surface area (Å²) in [4.78, 5) is 36.7. The van der Waals surface area contributed by atoms with E-state index in [-0.39, 0.29) is 30.3 Å². The topological polar surface area (TPSA) is 79.6 Å². The molecule has 0 spiro atoms. The second kappa shape index (κ2) is 6.56. The van der Waals surface area contributed by atoms with Gasteiger partial charge in [0.2, 0.25) is 5.91 Å². The van der Waals surface area contributed by atoms with E-state index in [9.17, 15) is 19.5 Å².